The van der Waals surface area contributed by atoms with Crippen LogP contribution >= 0.6 is 23.2 Å². The number of benzene rings is 1. The van der Waals surface area contributed by atoms with Gasteiger partial charge in [-0.25, -0.2) is 4.79 Å². The first kappa shape index (κ1) is 25.9. The van der Waals surface area contributed by atoms with Gasteiger partial charge in [0.05, 0.1) is 5.56 Å². The van der Waals surface area contributed by atoms with Crippen LogP contribution in [0.1, 0.15) is 62.7 Å². The Morgan fingerprint density at radius 2 is 1.78 bits per heavy atom. The summed E-state index contributed by atoms with van der Waals surface area (Å²) in [5.74, 6) is 2.65. The monoisotopic (exact) mass is 532 g/mol. The van der Waals surface area contributed by atoms with Gasteiger partial charge in [0.15, 0.2) is 0 Å². The molecule has 0 saturated heterocycles. The lowest BCUT2D eigenvalue weighted by atomic mass is 9.48. The van der Waals surface area contributed by atoms with Crippen LogP contribution in [0.15, 0.2) is 35.9 Å². The number of fused-ring (bicyclic) bond motifs is 5. The quantitative estimate of drug-likeness (QED) is 0.356. The molecule has 0 aromatic heterocycles. The van der Waals surface area contributed by atoms with Gasteiger partial charge in [-0.15, -0.1) is 23.2 Å². The molecule has 1 amide bonds. The molecule has 36 heavy (non-hydrogen) atoms. The van der Waals surface area contributed by atoms with Gasteiger partial charge in [0, 0.05) is 54.0 Å². The van der Waals surface area contributed by atoms with Crippen LogP contribution in [0.4, 0.5) is 5.69 Å². The molecule has 0 radical (unpaired) electrons. The number of anilines is 1. The highest BCUT2D eigenvalue weighted by Crippen LogP contribution is 2.64. The second-order valence-corrected chi connectivity index (χ2v) is 12.4. The Hall–Kier alpha value is -1.72. The molecular weight excluding hydrogens is 495 g/mol. The molecule has 1 aromatic carbocycles. The van der Waals surface area contributed by atoms with E-state index in [2.05, 4.69) is 24.1 Å². The summed E-state index contributed by atoms with van der Waals surface area (Å²) in [5.41, 5.74) is 3.03. The van der Waals surface area contributed by atoms with E-state index in [1.54, 1.807) is 0 Å². The maximum atomic E-state index is 13.2. The zero-order chi connectivity index (χ0) is 25.5. The molecule has 0 unspecified atom stereocenters. The molecule has 3 fully saturated rings. The highest BCUT2D eigenvalue weighted by atomic mass is 35.5. The topological polar surface area (TPSA) is 58.6 Å². The molecule has 1 N–H and O–H groups in total. The predicted octanol–water partition coefficient (Wildman–Crippen LogP) is 5.79. The largest absolute Gasteiger partial charge is 0.458 e. The Balaban J connectivity index is 1.27. The minimum atomic E-state index is -0.229. The number of rotatable bonds is 7. The van der Waals surface area contributed by atoms with Crippen LogP contribution in [0, 0.1) is 28.6 Å². The van der Waals surface area contributed by atoms with E-state index in [9.17, 15) is 9.59 Å². The van der Waals surface area contributed by atoms with E-state index in [0.29, 0.717) is 48.2 Å². The molecule has 6 atom stereocenters. The molecule has 3 aliphatic carbocycles. The Morgan fingerprint density at radius 3 is 2.47 bits per heavy atom. The second kappa shape index (κ2) is 10.2. The molecule has 1 heterocycles. The number of carbonyl (C=O) groups is 2. The summed E-state index contributed by atoms with van der Waals surface area (Å²) in [5, 5.41) is 3.10. The van der Waals surface area contributed by atoms with Gasteiger partial charge in [-0.3, -0.25) is 4.79 Å². The third-order valence-corrected chi connectivity index (χ3v) is 10.3. The molecule has 4 aliphatic rings. The highest BCUT2D eigenvalue weighted by molar-refractivity contribution is 6.18. The third-order valence-electron chi connectivity index (χ3n) is 10.0. The number of esters is 1. The summed E-state index contributed by atoms with van der Waals surface area (Å²) in [6.07, 6.45) is 8.21. The van der Waals surface area contributed by atoms with Crippen molar-refractivity contribution >= 4 is 40.8 Å². The normalized spacial score (nSPS) is 35.1. The Morgan fingerprint density at radius 1 is 1.06 bits per heavy atom. The number of nitrogens with one attached hydrogen (secondary N) is 1. The Bertz CT molecular complexity index is 1020. The maximum absolute atomic E-state index is 13.2. The molecule has 7 heteroatoms. The van der Waals surface area contributed by atoms with Crippen molar-refractivity contribution in [2.24, 2.45) is 28.6 Å². The molecule has 5 nitrogen and oxygen atoms in total. The smallest absolute Gasteiger partial charge is 0.338 e. The minimum Gasteiger partial charge on any atom is -0.458 e. The van der Waals surface area contributed by atoms with Crippen molar-refractivity contribution in [2.75, 3.05) is 36.3 Å². The number of ether oxygens (including phenoxy) is 1. The summed E-state index contributed by atoms with van der Waals surface area (Å²) < 4.78 is 6.23. The maximum Gasteiger partial charge on any atom is 0.338 e. The van der Waals surface area contributed by atoms with Crippen LogP contribution in [0.2, 0.25) is 0 Å². The van der Waals surface area contributed by atoms with Gasteiger partial charge in [-0.2, -0.15) is 0 Å². The summed E-state index contributed by atoms with van der Waals surface area (Å²) in [4.78, 5) is 27.3. The van der Waals surface area contributed by atoms with Gasteiger partial charge in [-0.05, 0) is 80.5 Å². The van der Waals surface area contributed by atoms with E-state index in [1.165, 1.54) is 5.57 Å². The van der Waals surface area contributed by atoms with Crippen molar-refractivity contribution in [3.8, 4) is 0 Å². The Labute approximate surface area is 224 Å². The molecular formula is C29H38Cl2N2O3. The number of halogens is 2. The standard InChI is InChI=1S/C29H38Cl2N2O3/c1-28-12-11-24-22(8-5-20-17-26(34)32-18-29(20,24)2)23(28)9-10-25(28)36-27(35)19-3-6-21(7-4-19)33(15-13-30)16-14-31/h3-4,6-7,17,22-25H,5,8-16,18H2,1-2H3,(H,32,34)/t22-,23-,24-,25-,28-,29-/m0/s1. The molecule has 3 saturated carbocycles. The molecule has 1 aliphatic heterocycles. The molecule has 1 aromatic rings. The predicted molar refractivity (Wildman–Crippen MR) is 145 cm³/mol. The van der Waals surface area contributed by atoms with E-state index in [1.807, 2.05) is 30.3 Å². The van der Waals surface area contributed by atoms with E-state index in [0.717, 1.165) is 50.8 Å². The zero-order valence-electron chi connectivity index (χ0n) is 21.4. The van der Waals surface area contributed by atoms with Crippen molar-refractivity contribution in [1.82, 2.24) is 5.32 Å². The van der Waals surface area contributed by atoms with Gasteiger partial charge in [0.2, 0.25) is 5.91 Å². The zero-order valence-corrected chi connectivity index (χ0v) is 22.9. The number of nitrogens with zero attached hydrogens (tertiary/aromatic N) is 1. The number of alkyl halides is 2. The van der Waals surface area contributed by atoms with E-state index in [4.69, 9.17) is 27.9 Å². The van der Waals surface area contributed by atoms with Crippen LogP contribution in [0.25, 0.3) is 0 Å². The number of hydrogen-bond acceptors (Lipinski definition) is 4. The van der Waals surface area contributed by atoms with E-state index < -0.39 is 0 Å². The van der Waals surface area contributed by atoms with Crippen molar-refractivity contribution < 1.29 is 14.3 Å². The fourth-order valence-corrected chi connectivity index (χ4v) is 8.42. The lowest BCUT2D eigenvalue weighted by molar-refractivity contribution is -0.119. The van der Waals surface area contributed by atoms with Crippen molar-refractivity contribution in [1.29, 1.82) is 0 Å². The Kier molecular flexibility index (Phi) is 7.35. The third kappa shape index (κ3) is 4.45. The van der Waals surface area contributed by atoms with Gasteiger partial charge in [0.1, 0.15) is 6.10 Å². The van der Waals surface area contributed by atoms with Crippen LogP contribution in [-0.2, 0) is 9.53 Å². The first-order valence-corrected chi connectivity index (χ1v) is 14.5. The summed E-state index contributed by atoms with van der Waals surface area (Å²) in [6, 6.07) is 7.62. The van der Waals surface area contributed by atoms with Crippen LogP contribution < -0.4 is 10.2 Å². The molecule has 5 rings (SSSR count). The number of carbonyl (C=O) groups excluding carboxylic acids is 2. The number of amides is 1. The van der Waals surface area contributed by atoms with Gasteiger partial charge < -0.3 is 15.0 Å². The minimum absolute atomic E-state index is 0.0176. The lowest BCUT2D eigenvalue weighted by Crippen LogP contribution is -2.55. The van der Waals surface area contributed by atoms with Gasteiger partial charge >= 0.3 is 5.97 Å². The van der Waals surface area contributed by atoms with Crippen molar-refractivity contribution in [2.45, 2.75) is 58.5 Å². The molecule has 0 spiro atoms. The summed E-state index contributed by atoms with van der Waals surface area (Å²) >= 11 is 11.9. The average Bonchev–Trinajstić information content (AvgIpc) is 3.20. The average molecular weight is 534 g/mol. The fourth-order valence-electron chi connectivity index (χ4n) is 8.01. The summed E-state index contributed by atoms with van der Waals surface area (Å²) in [7, 11) is 0. The highest BCUT2D eigenvalue weighted by Gasteiger charge is 2.60. The van der Waals surface area contributed by atoms with Crippen molar-refractivity contribution in [3.05, 3.63) is 41.5 Å². The lowest BCUT2D eigenvalue weighted by Gasteiger charge is -2.57. The molecule has 196 valence electrons. The van der Waals surface area contributed by atoms with E-state index in [-0.39, 0.29) is 28.8 Å². The fraction of sp³-hybridized carbons (Fsp3) is 0.655. The van der Waals surface area contributed by atoms with Crippen molar-refractivity contribution in [3.63, 3.8) is 0 Å². The SMILES string of the molecule is C[C@]12CC[C@H]3[C@@H](CCC4=CC(=O)NC[C@@]43C)[C@@H]1CC[C@@H]2OC(=O)c1ccc(N(CCCl)CCCl)cc1. The first-order valence-electron chi connectivity index (χ1n) is 13.5. The van der Waals surface area contributed by atoms with Crippen LogP contribution in [-0.4, -0.2) is 49.4 Å². The van der Waals surface area contributed by atoms with Gasteiger partial charge in [-0.1, -0.05) is 19.4 Å². The number of hydrogen-bond donors (Lipinski definition) is 1. The summed E-state index contributed by atoms with van der Waals surface area (Å²) in [6.45, 7) is 6.89. The second-order valence-electron chi connectivity index (χ2n) is 11.6. The first-order chi connectivity index (χ1) is 17.3. The molecule has 0 bridgehead atoms. The van der Waals surface area contributed by atoms with Gasteiger partial charge in [0.25, 0.3) is 0 Å². The van der Waals surface area contributed by atoms with Crippen LogP contribution in [0.5, 0.6) is 0 Å². The van der Waals surface area contributed by atoms with Crippen LogP contribution in [0.3, 0.4) is 0 Å². The van der Waals surface area contributed by atoms with E-state index >= 15 is 0 Å².